The molecule has 0 spiro atoms. The number of carbonyl (C=O) groups is 1. The smallest absolute Gasteiger partial charge is 0.223 e. The van der Waals surface area contributed by atoms with E-state index in [4.69, 9.17) is 4.74 Å². The highest BCUT2D eigenvalue weighted by Crippen LogP contribution is 2.31. The summed E-state index contributed by atoms with van der Waals surface area (Å²) in [4.78, 5) is 11.9. The van der Waals surface area contributed by atoms with E-state index in [0.717, 1.165) is 25.0 Å². The molecule has 0 bridgehead atoms. The first-order chi connectivity index (χ1) is 12.7. The Hall–Kier alpha value is -2.81. The maximum Gasteiger partial charge on any atom is 0.223 e. The Labute approximate surface area is 154 Å². The largest absolute Gasteiger partial charge is 0.497 e. The molecule has 0 aliphatic heterocycles. The van der Waals surface area contributed by atoms with E-state index in [0.29, 0.717) is 6.54 Å². The van der Waals surface area contributed by atoms with Crippen LogP contribution in [0, 0.1) is 5.92 Å². The molecular weight excluding hydrogens is 322 g/mol. The molecule has 0 saturated heterocycles. The minimum atomic E-state index is 0.200. The van der Waals surface area contributed by atoms with Crippen LogP contribution in [0.25, 0.3) is 21.9 Å². The summed E-state index contributed by atoms with van der Waals surface area (Å²) in [6, 6.07) is 21.0. The molecule has 26 heavy (non-hydrogen) atoms. The van der Waals surface area contributed by atoms with Gasteiger partial charge in [0.25, 0.3) is 0 Å². The van der Waals surface area contributed by atoms with Crippen molar-refractivity contribution >= 4 is 16.7 Å². The first-order valence-corrected chi connectivity index (χ1v) is 9.18. The maximum atomic E-state index is 11.9. The number of fused-ring (bicyclic) bond motifs is 1. The molecule has 3 heteroatoms. The third-order valence-corrected chi connectivity index (χ3v) is 5.00. The van der Waals surface area contributed by atoms with E-state index in [2.05, 4.69) is 53.8 Å². The van der Waals surface area contributed by atoms with Gasteiger partial charge in [-0.25, -0.2) is 0 Å². The summed E-state index contributed by atoms with van der Waals surface area (Å²) >= 11 is 0. The van der Waals surface area contributed by atoms with Gasteiger partial charge in [-0.2, -0.15) is 0 Å². The van der Waals surface area contributed by atoms with Crippen LogP contribution in [0.1, 0.15) is 18.4 Å². The highest BCUT2D eigenvalue weighted by atomic mass is 16.5. The van der Waals surface area contributed by atoms with E-state index in [1.807, 2.05) is 12.1 Å². The first kappa shape index (κ1) is 16.6. The second-order valence-electron chi connectivity index (χ2n) is 6.90. The number of nitrogens with one attached hydrogen (secondary N) is 1. The van der Waals surface area contributed by atoms with Crippen molar-refractivity contribution in [1.82, 2.24) is 5.32 Å². The van der Waals surface area contributed by atoms with E-state index >= 15 is 0 Å². The molecule has 1 aliphatic rings. The molecule has 3 aromatic carbocycles. The predicted octanol–water partition coefficient (Wildman–Crippen LogP) is 4.58. The van der Waals surface area contributed by atoms with Gasteiger partial charge in [0.2, 0.25) is 5.91 Å². The summed E-state index contributed by atoms with van der Waals surface area (Å²) in [6.07, 6.45) is 2.88. The molecule has 1 saturated carbocycles. The van der Waals surface area contributed by atoms with Crippen molar-refractivity contribution in [1.29, 1.82) is 0 Å². The predicted molar refractivity (Wildman–Crippen MR) is 105 cm³/mol. The number of ether oxygens (including phenoxy) is 1. The van der Waals surface area contributed by atoms with E-state index in [1.54, 1.807) is 7.11 Å². The number of methoxy groups -OCH3 is 1. The van der Waals surface area contributed by atoms with Gasteiger partial charge in [0.15, 0.2) is 0 Å². The van der Waals surface area contributed by atoms with Gasteiger partial charge in [-0.3, -0.25) is 4.79 Å². The highest BCUT2D eigenvalue weighted by Gasteiger charge is 2.29. The van der Waals surface area contributed by atoms with Gasteiger partial charge in [0.1, 0.15) is 5.75 Å². The van der Waals surface area contributed by atoms with Crippen molar-refractivity contribution in [3.63, 3.8) is 0 Å². The molecule has 1 N–H and O–H groups in total. The minimum absolute atomic E-state index is 0.200. The van der Waals surface area contributed by atoms with E-state index in [-0.39, 0.29) is 11.8 Å². The quantitative estimate of drug-likeness (QED) is 0.710. The minimum Gasteiger partial charge on any atom is -0.497 e. The van der Waals surface area contributed by atoms with Crippen molar-refractivity contribution in [3.8, 4) is 16.9 Å². The van der Waals surface area contributed by atoms with Gasteiger partial charge >= 0.3 is 0 Å². The normalized spacial score (nSPS) is 13.6. The molecule has 3 aromatic rings. The summed E-state index contributed by atoms with van der Waals surface area (Å²) < 4.78 is 5.40. The Bertz CT molecular complexity index is 930. The number of benzene rings is 3. The second-order valence-corrected chi connectivity index (χ2v) is 6.90. The Balaban J connectivity index is 1.67. The van der Waals surface area contributed by atoms with Crippen molar-refractivity contribution in [2.45, 2.75) is 19.3 Å². The van der Waals surface area contributed by atoms with Crippen molar-refractivity contribution in [3.05, 3.63) is 66.2 Å². The summed E-state index contributed by atoms with van der Waals surface area (Å²) in [5.74, 6) is 1.31. The highest BCUT2D eigenvalue weighted by molar-refractivity contribution is 5.91. The van der Waals surface area contributed by atoms with Crippen LogP contribution in [0.2, 0.25) is 0 Å². The monoisotopic (exact) mass is 345 g/mol. The lowest BCUT2D eigenvalue weighted by molar-refractivity contribution is -0.122. The fourth-order valence-electron chi connectivity index (χ4n) is 3.36. The van der Waals surface area contributed by atoms with Crippen LogP contribution < -0.4 is 10.1 Å². The van der Waals surface area contributed by atoms with Crippen molar-refractivity contribution in [2.75, 3.05) is 13.7 Å². The lowest BCUT2D eigenvalue weighted by Crippen LogP contribution is -2.26. The van der Waals surface area contributed by atoms with Gasteiger partial charge in [0.05, 0.1) is 7.11 Å². The average Bonchev–Trinajstić information content (AvgIpc) is 3.53. The number of rotatable bonds is 6. The summed E-state index contributed by atoms with van der Waals surface area (Å²) in [7, 11) is 1.69. The molecule has 4 rings (SSSR count). The zero-order valence-corrected chi connectivity index (χ0v) is 15.0. The van der Waals surface area contributed by atoms with Gasteiger partial charge in [-0.1, -0.05) is 42.5 Å². The molecule has 1 amide bonds. The number of hydrogen-bond acceptors (Lipinski definition) is 2. The van der Waals surface area contributed by atoms with Crippen LogP contribution in [0.3, 0.4) is 0 Å². The van der Waals surface area contributed by atoms with E-state index < -0.39 is 0 Å². The molecule has 0 heterocycles. The van der Waals surface area contributed by atoms with Crippen LogP contribution in [0.4, 0.5) is 0 Å². The maximum absolute atomic E-state index is 11.9. The summed E-state index contributed by atoms with van der Waals surface area (Å²) in [6.45, 7) is 0.667. The zero-order chi connectivity index (χ0) is 17.9. The topological polar surface area (TPSA) is 38.3 Å². The number of amides is 1. The Kier molecular flexibility index (Phi) is 4.61. The third-order valence-electron chi connectivity index (χ3n) is 5.00. The van der Waals surface area contributed by atoms with Crippen molar-refractivity contribution < 1.29 is 9.53 Å². The Morgan fingerprint density at radius 3 is 2.58 bits per heavy atom. The molecule has 0 unspecified atom stereocenters. The molecule has 0 atom stereocenters. The number of hydrogen-bond donors (Lipinski definition) is 1. The van der Waals surface area contributed by atoms with Gasteiger partial charge in [-0.15, -0.1) is 0 Å². The lowest BCUT2D eigenvalue weighted by Gasteiger charge is -2.13. The first-order valence-electron chi connectivity index (χ1n) is 9.18. The van der Waals surface area contributed by atoms with Crippen molar-refractivity contribution in [2.24, 2.45) is 5.92 Å². The SMILES string of the molecule is COc1ccc2cc(-c3ccccc3)cc(CCNC(=O)C3CC3)c2c1. The van der Waals surface area contributed by atoms with Gasteiger partial charge in [0, 0.05) is 12.5 Å². The fourth-order valence-corrected chi connectivity index (χ4v) is 3.36. The van der Waals surface area contributed by atoms with Crippen LogP contribution in [-0.4, -0.2) is 19.6 Å². The Morgan fingerprint density at radius 2 is 1.85 bits per heavy atom. The molecule has 0 radical (unpaired) electrons. The van der Waals surface area contributed by atoms with E-state index in [9.17, 15) is 4.79 Å². The average molecular weight is 345 g/mol. The van der Waals surface area contributed by atoms with Crippen LogP contribution >= 0.6 is 0 Å². The molecule has 132 valence electrons. The van der Waals surface area contributed by atoms with E-state index in [1.165, 1.54) is 27.5 Å². The van der Waals surface area contributed by atoms with Gasteiger partial charge < -0.3 is 10.1 Å². The standard InChI is InChI=1S/C23H23NO2/c1-26-21-10-9-18-13-20(16-5-3-2-4-6-16)14-19(22(18)15-21)11-12-24-23(25)17-7-8-17/h2-6,9-10,13-15,17H,7-8,11-12H2,1H3,(H,24,25). The molecule has 3 nitrogen and oxygen atoms in total. The van der Waals surface area contributed by atoms with Crippen LogP contribution in [0.15, 0.2) is 60.7 Å². The fraction of sp³-hybridized carbons (Fsp3) is 0.261. The molecule has 1 aliphatic carbocycles. The second kappa shape index (κ2) is 7.20. The lowest BCUT2D eigenvalue weighted by atomic mass is 9.95. The van der Waals surface area contributed by atoms with Crippen LogP contribution in [0.5, 0.6) is 5.75 Å². The van der Waals surface area contributed by atoms with Gasteiger partial charge in [-0.05, 0) is 64.9 Å². The summed E-state index contributed by atoms with van der Waals surface area (Å²) in [5, 5.41) is 5.45. The third kappa shape index (κ3) is 3.57. The molecule has 0 aromatic heterocycles. The number of carbonyl (C=O) groups excluding carboxylic acids is 1. The van der Waals surface area contributed by atoms with Crippen LogP contribution in [-0.2, 0) is 11.2 Å². The Morgan fingerprint density at radius 1 is 1.04 bits per heavy atom. The molecular formula is C23H23NO2. The zero-order valence-electron chi connectivity index (χ0n) is 15.0. The summed E-state index contributed by atoms with van der Waals surface area (Å²) in [5.41, 5.74) is 3.64. The molecule has 1 fully saturated rings.